The summed E-state index contributed by atoms with van der Waals surface area (Å²) in [5.41, 5.74) is 8.06. The van der Waals surface area contributed by atoms with Gasteiger partial charge in [-0.2, -0.15) is 0 Å². The first-order valence-corrected chi connectivity index (χ1v) is 6.16. The van der Waals surface area contributed by atoms with Gasteiger partial charge in [0, 0.05) is 17.1 Å². The van der Waals surface area contributed by atoms with Gasteiger partial charge in [-0.05, 0) is 23.8 Å². The second kappa shape index (κ2) is 4.73. The van der Waals surface area contributed by atoms with Gasteiger partial charge in [0.25, 0.3) is 0 Å². The van der Waals surface area contributed by atoms with E-state index in [1.165, 1.54) is 12.1 Å². The first kappa shape index (κ1) is 13.4. The lowest BCUT2D eigenvalue weighted by Gasteiger charge is -2.14. The number of hydrogen-bond donors (Lipinski definition) is 2. The molecule has 3 rings (SSSR count). The number of rotatable bonds is 2. The van der Waals surface area contributed by atoms with E-state index in [-0.39, 0.29) is 5.75 Å². The molecule has 108 valence electrons. The van der Waals surface area contributed by atoms with E-state index in [2.05, 4.69) is 9.72 Å². The molecule has 0 bridgehead atoms. The second-order valence-electron chi connectivity index (χ2n) is 4.51. The van der Waals surface area contributed by atoms with Crippen LogP contribution in [0.5, 0.6) is 5.75 Å². The van der Waals surface area contributed by atoms with Gasteiger partial charge < -0.3 is 15.5 Å². The van der Waals surface area contributed by atoms with Gasteiger partial charge in [-0.15, -0.1) is 13.2 Å². The number of halogens is 3. The number of anilines is 1. The molecule has 0 aliphatic carbocycles. The summed E-state index contributed by atoms with van der Waals surface area (Å²) in [4.78, 5) is 2.98. The van der Waals surface area contributed by atoms with Crippen molar-refractivity contribution in [2.24, 2.45) is 0 Å². The molecule has 0 amide bonds. The minimum Gasteiger partial charge on any atom is -0.405 e. The molecule has 0 saturated carbocycles. The van der Waals surface area contributed by atoms with Crippen molar-refractivity contribution in [2.45, 2.75) is 6.36 Å². The van der Waals surface area contributed by atoms with Crippen molar-refractivity contribution >= 4 is 16.6 Å². The predicted octanol–water partition coefficient (Wildman–Crippen LogP) is 4.32. The Labute approximate surface area is 118 Å². The Balaban J connectivity index is 2.20. The SMILES string of the molecule is Nc1ccc(-c2ccccc2OC(F)(F)F)c2cc[nH]c12. The number of benzene rings is 2. The number of ether oxygens (including phenoxy) is 1. The fourth-order valence-electron chi connectivity index (χ4n) is 2.32. The molecule has 21 heavy (non-hydrogen) atoms. The molecule has 2 aromatic carbocycles. The van der Waals surface area contributed by atoms with Crippen LogP contribution in [0.4, 0.5) is 18.9 Å². The molecule has 0 radical (unpaired) electrons. The normalized spacial score (nSPS) is 11.8. The third-order valence-electron chi connectivity index (χ3n) is 3.16. The van der Waals surface area contributed by atoms with Gasteiger partial charge in [0.2, 0.25) is 0 Å². The highest BCUT2D eigenvalue weighted by Crippen LogP contribution is 2.38. The minimum atomic E-state index is -4.73. The molecule has 1 heterocycles. The van der Waals surface area contributed by atoms with Crippen LogP contribution >= 0.6 is 0 Å². The average Bonchev–Trinajstić information content (AvgIpc) is 2.89. The van der Waals surface area contributed by atoms with E-state index in [4.69, 9.17) is 5.73 Å². The average molecular weight is 292 g/mol. The number of nitrogen functional groups attached to an aromatic ring is 1. The standard InChI is InChI=1S/C15H11F3N2O/c16-15(17,18)21-13-4-2-1-3-10(13)9-5-6-12(19)14-11(9)7-8-20-14/h1-8,20H,19H2. The van der Waals surface area contributed by atoms with Gasteiger partial charge in [-0.3, -0.25) is 0 Å². The molecule has 6 heteroatoms. The molecule has 0 saturated heterocycles. The summed E-state index contributed by atoms with van der Waals surface area (Å²) < 4.78 is 41.6. The van der Waals surface area contributed by atoms with Crippen molar-refractivity contribution in [2.75, 3.05) is 5.73 Å². The van der Waals surface area contributed by atoms with Gasteiger partial charge in [-0.1, -0.05) is 24.3 Å². The topological polar surface area (TPSA) is 51.0 Å². The van der Waals surface area contributed by atoms with Crippen molar-refractivity contribution in [1.29, 1.82) is 0 Å². The summed E-state index contributed by atoms with van der Waals surface area (Å²) in [6.07, 6.45) is -3.04. The molecule has 3 aromatic rings. The Kier molecular flexibility index (Phi) is 3.01. The van der Waals surface area contributed by atoms with Crippen LogP contribution in [0.1, 0.15) is 0 Å². The largest absolute Gasteiger partial charge is 0.573 e. The molecule has 0 aliphatic heterocycles. The Morgan fingerprint density at radius 2 is 1.71 bits per heavy atom. The molecule has 0 spiro atoms. The first-order chi connectivity index (χ1) is 9.96. The van der Waals surface area contributed by atoms with Crippen molar-refractivity contribution < 1.29 is 17.9 Å². The van der Waals surface area contributed by atoms with Gasteiger partial charge >= 0.3 is 6.36 Å². The maximum Gasteiger partial charge on any atom is 0.573 e. The van der Waals surface area contributed by atoms with Crippen molar-refractivity contribution in [3.63, 3.8) is 0 Å². The third-order valence-corrected chi connectivity index (χ3v) is 3.16. The van der Waals surface area contributed by atoms with Crippen LogP contribution < -0.4 is 10.5 Å². The number of para-hydroxylation sites is 1. The lowest BCUT2D eigenvalue weighted by Crippen LogP contribution is -2.17. The fraction of sp³-hybridized carbons (Fsp3) is 0.0667. The molecule has 0 unspecified atom stereocenters. The summed E-state index contributed by atoms with van der Waals surface area (Å²) in [5, 5.41) is 0.744. The number of aromatic nitrogens is 1. The van der Waals surface area contributed by atoms with Gasteiger partial charge in [-0.25, -0.2) is 0 Å². The Hall–Kier alpha value is -2.63. The molecule has 0 atom stereocenters. The summed E-state index contributed by atoms with van der Waals surface area (Å²) in [5.74, 6) is -0.239. The zero-order valence-corrected chi connectivity index (χ0v) is 10.7. The Morgan fingerprint density at radius 1 is 0.952 bits per heavy atom. The van der Waals surface area contributed by atoms with E-state index >= 15 is 0 Å². The molecule has 3 N–H and O–H groups in total. The second-order valence-corrected chi connectivity index (χ2v) is 4.51. The van der Waals surface area contributed by atoms with Crippen LogP contribution in [-0.4, -0.2) is 11.3 Å². The minimum absolute atomic E-state index is 0.239. The number of H-pyrrole nitrogens is 1. The highest BCUT2D eigenvalue weighted by Gasteiger charge is 2.32. The Morgan fingerprint density at radius 3 is 2.48 bits per heavy atom. The maximum absolute atomic E-state index is 12.5. The van der Waals surface area contributed by atoms with Crippen LogP contribution in [0.25, 0.3) is 22.0 Å². The summed E-state index contributed by atoms with van der Waals surface area (Å²) >= 11 is 0. The smallest absolute Gasteiger partial charge is 0.405 e. The highest BCUT2D eigenvalue weighted by atomic mass is 19.4. The van der Waals surface area contributed by atoms with Crippen LogP contribution in [0.3, 0.4) is 0 Å². The van der Waals surface area contributed by atoms with Crippen LogP contribution in [0.2, 0.25) is 0 Å². The number of aromatic amines is 1. The zero-order valence-electron chi connectivity index (χ0n) is 10.7. The summed E-state index contributed by atoms with van der Waals surface area (Å²) in [6.45, 7) is 0. The molecular weight excluding hydrogens is 281 g/mol. The zero-order chi connectivity index (χ0) is 15.0. The lowest BCUT2D eigenvalue weighted by atomic mass is 10.00. The van der Waals surface area contributed by atoms with Gasteiger partial charge in [0.15, 0.2) is 0 Å². The van der Waals surface area contributed by atoms with E-state index in [1.807, 2.05) is 0 Å². The first-order valence-electron chi connectivity index (χ1n) is 6.16. The molecule has 1 aromatic heterocycles. The van der Waals surface area contributed by atoms with Crippen LogP contribution in [0, 0.1) is 0 Å². The predicted molar refractivity (Wildman–Crippen MR) is 74.8 cm³/mol. The van der Waals surface area contributed by atoms with E-state index in [0.29, 0.717) is 22.3 Å². The molecule has 0 aliphatic rings. The molecule has 3 nitrogen and oxygen atoms in total. The number of nitrogens with two attached hydrogens (primary N) is 1. The van der Waals surface area contributed by atoms with Gasteiger partial charge in [0.05, 0.1) is 11.2 Å². The summed E-state index contributed by atoms with van der Waals surface area (Å²) in [7, 11) is 0. The third kappa shape index (κ3) is 2.52. The van der Waals surface area contributed by atoms with Crippen molar-refractivity contribution in [1.82, 2.24) is 4.98 Å². The van der Waals surface area contributed by atoms with E-state index < -0.39 is 6.36 Å². The number of fused-ring (bicyclic) bond motifs is 1. The quantitative estimate of drug-likeness (QED) is 0.691. The van der Waals surface area contributed by atoms with E-state index in [0.717, 1.165) is 5.39 Å². The van der Waals surface area contributed by atoms with E-state index in [1.54, 1.807) is 36.5 Å². The highest BCUT2D eigenvalue weighted by molar-refractivity contribution is 6.01. The van der Waals surface area contributed by atoms with Crippen LogP contribution in [0.15, 0.2) is 48.7 Å². The summed E-state index contributed by atoms with van der Waals surface area (Å²) in [6, 6.07) is 11.1. The van der Waals surface area contributed by atoms with E-state index in [9.17, 15) is 13.2 Å². The van der Waals surface area contributed by atoms with Crippen molar-refractivity contribution in [3.8, 4) is 16.9 Å². The van der Waals surface area contributed by atoms with Crippen molar-refractivity contribution in [3.05, 3.63) is 48.7 Å². The fourth-order valence-corrected chi connectivity index (χ4v) is 2.32. The van der Waals surface area contributed by atoms with Gasteiger partial charge in [0.1, 0.15) is 5.75 Å². The Bertz CT molecular complexity index is 793. The lowest BCUT2D eigenvalue weighted by molar-refractivity contribution is -0.274. The van der Waals surface area contributed by atoms with Crippen LogP contribution in [-0.2, 0) is 0 Å². The number of nitrogens with one attached hydrogen (secondary N) is 1. The monoisotopic (exact) mass is 292 g/mol. The number of hydrogen-bond acceptors (Lipinski definition) is 2. The molecular formula is C15H11F3N2O. The maximum atomic E-state index is 12.5. The molecule has 0 fully saturated rings. The number of alkyl halides is 3.